The standard InChI is InChI=1S/C2H7O4P.BF3.2Li/c1-2-6-7(3,4)5;2-1(3)4;;/h2H2,1H3,(H2,3,4,5);;;/q;;2*+1/p-2. The van der Waals surface area contributed by atoms with Crippen molar-refractivity contribution < 1.29 is 69.5 Å². The minimum Gasteiger partial charge on any atom is -0.790 e. The van der Waals surface area contributed by atoms with Gasteiger partial charge < -0.3 is 18.9 Å². The van der Waals surface area contributed by atoms with Crippen molar-refractivity contribution >= 4 is 15.4 Å². The molecule has 0 spiro atoms. The third-order valence-electron chi connectivity index (χ3n) is 0.287. The maximum Gasteiger partial charge on any atom is 1.00 e. The van der Waals surface area contributed by atoms with Gasteiger partial charge in [0.2, 0.25) is 0 Å². The van der Waals surface area contributed by atoms with Crippen molar-refractivity contribution in [2.45, 2.75) is 6.92 Å². The van der Waals surface area contributed by atoms with E-state index in [1.165, 1.54) is 6.92 Å². The summed E-state index contributed by atoms with van der Waals surface area (Å²) in [5.41, 5.74) is 0. The van der Waals surface area contributed by atoms with Gasteiger partial charge in [-0.15, -0.1) is 0 Å². The molecule has 0 aliphatic rings. The van der Waals surface area contributed by atoms with E-state index in [4.69, 9.17) is 0 Å². The molecule has 68 valence electrons. The van der Waals surface area contributed by atoms with Crippen LogP contribution < -0.4 is 47.5 Å². The Kier molecular flexibility index (Phi) is 24.0. The SMILES string of the molecule is CCOP(=O)([O-])[O-].FB(F)F.[Li+].[Li+]. The predicted molar refractivity (Wildman–Crippen MR) is 28.3 cm³/mol. The van der Waals surface area contributed by atoms with Gasteiger partial charge in [0.25, 0.3) is 0 Å². The first-order valence-electron chi connectivity index (χ1n) is 2.38. The number of phosphoric ester groups is 1. The molecule has 0 aromatic heterocycles. The zero-order valence-electron chi connectivity index (χ0n) is 7.50. The number of hydrogen-bond acceptors (Lipinski definition) is 4. The first kappa shape index (κ1) is 23.8. The van der Waals surface area contributed by atoms with E-state index >= 15 is 0 Å². The molecule has 0 aromatic rings. The summed E-state index contributed by atoms with van der Waals surface area (Å²) in [6, 6.07) is 0. The second kappa shape index (κ2) is 13.2. The van der Waals surface area contributed by atoms with Crippen molar-refractivity contribution in [3.63, 3.8) is 0 Å². The molecule has 0 aliphatic carbocycles. The minimum absolute atomic E-state index is 0. The van der Waals surface area contributed by atoms with Gasteiger partial charge in [-0.25, -0.2) is 0 Å². The van der Waals surface area contributed by atoms with Crippen LogP contribution in [0.15, 0.2) is 0 Å². The first-order valence-corrected chi connectivity index (χ1v) is 3.84. The zero-order chi connectivity index (χ0) is 9.49. The van der Waals surface area contributed by atoms with E-state index in [0.717, 1.165) is 0 Å². The molecule has 0 radical (unpaired) electrons. The van der Waals surface area contributed by atoms with Crippen LogP contribution in [0.4, 0.5) is 12.9 Å². The molecular formula is C2H5BF3Li2O4P. The Morgan fingerprint density at radius 1 is 1.31 bits per heavy atom. The van der Waals surface area contributed by atoms with Crippen LogP contribution >= 0.6 is 7.82 Å². The summed E-state index contributed by atoms with van der Waals surface area (Å²) in [6.45, 7) is 1.35. The molecule has 0 bridgehead atoms. The van der Waals surface area contributed by atoms with Gasteiger partial charge >= 0.3 is 45.3 Å². The fourth-order valence-corrected chi connectivity index (χ4v) is 0.474. The Bertz CT molecular complexity index is 132. The fourth-order valence-electron chi connectivity index (χ4n) is 0.158. The third-order valence-corrected chi connectivity index (χ3v) is 0.862. The summed E-state index contributed by atoms with van der Waals surface area (Å²) in [4.78, 5) is 19.0. The molecule has 0 atom stereocenters. The minimum atomic E-state index is -4.67. The van der Waals surface area contributed by atoms with Crippen LogP contribution in [0.3, 0.4) is 0 Å². The van der Waals surface area contributed by atoms with E-state index in [9.17, 15) is 27.3 Å². The molecular weight excluding hydrogens is 201 g/mol. The van der Waals surface area contributed by atoms with E-state index in [0.29, 0.717) is 0 Å². The van der Waals surface area contributed by atoms with E-state index in [1.807, 2.05) is 0 Å². The smallest absolute Gasteiger partial charge is 0.790 e. The second-order valence-electron chi connectivity index (χ2n) is 1.11. The molecule has 0 aliphatic heterocycles. The van der Waals surface area contributed by atoms with Crippen LogP contribution in [0, 0.1) is 0 Å². The predicted octanol–water partition coefficient (Wildman–Crippen LogP) is -6.26. The first-order chi connectivity index (χ1) is 4.79. The van der Waals surface area contributed by atoms with Gasteiger partial charge in [0.1, 0.15) is 0 Å². The molecule has 0 N–H and O–H groups in total. The molecule has 0 fully saturated rings. The van der Waals surface area contributed by atoms with Gasteiger partial charge in [-0.1, -0.05) is 0 Å². The van der Waals surface area contributed by atoms with Crippen LogP contribution in [0.5, 0.6) is 0 Å². The quantitative estimate of drug-likeness (QED) is 0.332. The number of halogens is 3. The summed E-state index contributed by atoms with van der Waals surface area (Å²) in [5, 5.41) is 0. The van der Waals surface area contributed by atoms with Crippen molar-refractivity contribution in [3.05, 3.63) is 0 Å². The normalized spacial score (nSPS) is 8.46. The van der Waals surface area contributed by atoms with E-state index in [2.05, 4.69) is 4.52 Å². The molecule has 13 heavy (non-hydrogen) atoms. The average molecular weight is 206 g/mol. The molecule has 0 unspecified atom stereocenters. The second-order valence-corrected chi connectivity index (χ2v) is 2.27. The van der Waals surface area contributed by atoms with Crippen LogP contribution in [-0.4, -0.2) is 14.2 Å². The maximum atomic E-state index is 9.67. The summed E-state index contributed by atoms with van der Waals surface area (Å²) in [7, 11) is -8.33. The largest absolute Gasteiger partial charge is 1.00 e. The maximum absolute atomic E-state index is 9.67. The van der Waals surface area contributed by atoms with Crippen molar-refractivity contribution in [2.24, 2.45) is 0 Å². The fraction of sp³-hybridized carbons (Fsp3) is 1.00. The monoisotopic (exact) mass is 206 g/mol. The Balaban J connectivity index is -0.0000000600. The van der Waals surface area contributed by atoms with Crippen molar-refractivity contribution in [2.75, 3.05) is 6.61 Å². The van der Waals surface area contributed by atoms with Crippen LogP contribution in [0.25, 0.3) is 0 Å². The van der Waals surface area contributed by atoms with Gasteiger partial charge in [-0.2, -0.15) is 0 Å². The van der Waals surface area contributed by atoms with Gasteiger partial charge in [0.15, 0.2) is 0 Å². The molecule has 11 heteroatoms. The van der Waals surface area contributed by atoms with Crippen LogP contribution in [0.1, 0.15) is 6.92 Å². The van der Waals surface area contributed by atoms with Crippen molar-refractivity contribution in [3.8, 4) is 0 Å². The topological polar surface area (TPSA) is 72.4 Å². The number of hydrogen-bond donors (Lipinski definition) is 0. The Morgan fingerprint density at radius 3 is 1.54 bits per heavy atom. The van der Waals surface area contributed by atoms with Crippen LogP contribution in [0.2, 0.25) is 0 Å². The molecule has 0 heterocycles. The number of rotatable bonds is 2. The van der Waals surface area contributed by atoms with Gasteiger partial charge in [-0.3, -0.25) is 12.9 Å². The molecule has 0 saturated heterocycles. The van der Waals surface area contributed by atoms with Crippen molar-refractivity contribution in [1.29, 1.82) is 0 Å². The van der Waals surface area contributed by atoms with E-state index < -0.39 is 15.4 Å². The molecule has 0 saturated carbocycles. The Morgan fingerprint density at radius 2 is 1.54 bits per heavy atom. The molecule has 4 nitrogen and oxygen atoms in total. The van der Waals surface area contributed by atoms with Gasteiger partial charge in [0.05, 0.1) is 7.82 Å². The number of phosphoric acid groups is 1. The van der Waals surface area contributed by atoms with Gasteiger partial charge in [0, 0.05) is 6.61 Å². The summed E-state index contributed by atoms with van der Waals surface area (Å²) in [6.07, 6.45) is 0. The average Bonchev–Trinajstić information content (AvgIpc) is 1.58. The Labute approximate surface area is 98.4 Å². The van der Waals surface area contributed by atoms with Crippen LogP contribution in [-0.2, 0) is 9.09 Å². The molecule has 0 rings (SSSR count). The third kappa shape index (κ3) is 61.6. The van der Waals surface area contributed by atoms with Crippen molar-refractivity contribution in [1.82, 2.24) is 0 Å². The summed E-state index contributed by atoms with van der Waals surface area (Å²) < 4.78 is 42.2. The van der Waals surface area contributed by atoms with E-state index in [1.54, 1.807) is 0 Å². The zero-order valence-corrected chi connectivity index (χ0v) is 8.39. The Hall–Kier alpha value is 1.16. The molecule has 0 amide bonds. The van der Waals surface area contributed by atoms with Gasteiger partial charge in [-0.05, 0) is 6.92 Å². The summed E-state index contributed by atoms with van der Waals surface area (Å²) in [5.74, 6) is 0. The van der Waals surface area contributed by atoms with E-state index in [-0.39, 0.29) is 44.3 Å². The summed E-state index contributed by atoms with van der Waals surface area (Å²) >= 11 is 0. The molecule has 0 aromatic carbocycles.